The van der Waals surface area contributed by atoms with Crippen LogP contribution in [0.4, 0.5) is 0 Å². The normalized spacial score (nSPS) is 18.3. The van der Waals surface area contributed by atoms with E-state index in [4.69, 9.17) is 4.74 Å². The standard InChI is InChI=1S/C10H16O3/c1-2-3-4-5-9(11)8-6-7-13-10(8)12/h6,9,11H,2-5,7H2,1H3. The Morgan fingerprint density at radius 3 is 2.92 bits per heavy atom. The van der Waals surface area contributed by atoms with Crippen molar-refractivity contribution < 1.29 is 14.6 Å². The van der Waals surface area contributed by atoms with Gasteiger partial charge >= 0.3 is 5.97 Å². The highest BCUT2D eigenvalue weighted by Crippen LogP contribution is 2.16. The molecule has 74 valence electrons. The summed E-state index contributed by atoms with van der Waals surface area (Å²) in [6.07, 6.45) is 4.88. The molecule has 1 aliphatic rings. The lowest BCUT2D eigenvalue weighted by Crippen LogP contribution is -2.15. The van der Waals surface area contributed by atoms with Crippen LogP contribution in [0.25, 0.3) is 0 Å². The quantitative estimate of drug-likeness (QED) is 0.519. The first-order valence-corrected chi connectivity index (χ1v) is 4.81. The van der Waals surface area contributed by atoms with Crippen molar-refractivity contribution in [2.45, 2.75) is 38.7 Å². The minimum absolute atomic E-state index is 0.318. The first kappa shape index (κ1) is 10.3. The van der Waals surface area contributed by atoms with Gasteiger partial charge in [0.25, 0.3) is 0 Å². The molecule has 3 heteroatoms. The molecule has 1 rings (SSSR count). The maximum Gasteiger partial charge on any atom is 0.336 e. The maximum absolute atomic E-state index is 11.0. The van der Waals surface area contributed by atoms with E-state index < -0.39 is 6.10 Å². The Balaban J connectivity index is 2.30. The molecule has 0 bridgehead atoms. The van der Waals surface area contributed by atoms with Gasteiger partial charge in [-0.3, -0.25) is 0 Å². The summed E-state index contributed by atoms with van der Waals surface area (Å²) >= 11 is 0. The van der Waals surface area contributed by atoms with E-state index in [0.717, 1.165) is 19.3 Å². The summed E-state index contributed by atoms with van der Waals surface area (Å²) in [5.41, 5.74) is 0.441. The summed E-state index contributed by atoms with van der Waals surface area (Å²) in [6.45, 7) is 2.43. The Hall–Kier alpha value is -0.830. The first-order valence-electron chi connectivity index (χ1n) is 4.81. The Morgan fingerprint density at radius 2 is 2.38 bits per heavy atom. The van der Waals surface area contributed by atoms with Crippen molar-refractivity contribution in [1.29, 1.82) is 0 Å². The fourth-order valence-electron chi connectivity index (χ4n) is 1.39. The van der Waals surface area contributed by atoms with Crippen LogP contribution >= 0.6 is 0 Å². The second kappa shape index (κ2) is 5.02. The van der Waals surface area contributed by atoms with Crippen molar-refractivity contribution in [2.75, 3.05) is 6.61 Å². The Labute approximate surface area is 78.4 Å². The third kappa shape index (κ3) is 2.84. The van der Waals surface area contributed by atoms with Crippen LogP contribution in [0.1, 0.15) is 32.6 Å². The van der Waals surface area contributed by atoms with Gasteiger partial charge in [0.15, 0.2) is 0 Å². The Kier molecular flexibility index (Phi) is 3.96. The molecule has 0 radical (unpaired) electrons. The number of carbonyl (C=O) groups is 1. The Bertz CT molecular complexity index is 208. The van der Waals surface area contributed by atoms with Crippen LogP contribution in [0, 0.1) is 0 Å². The molecular weight excluding hydrogens is 168 g/mol. The first-order chi connectivity index (χ1) is 6.25. The summed E-state index contributed by atoms with van der Waals surface area (Å²) in [4.78, 5) is 11.0. The number of carbonyl (C=O) groups excluding carboxylic acids is 1. The molecule has 13 heavy (non-hydrogen) atoms. The third-order valence-electron chi connectivity index (χ3n) is 2.19. The molecule has 1 N–H and O–H groups in total. The number of rotatable bonds is 5. The van der Waals surface area contributed by atoms with Gasteiger partial charge in [-0.25, -0.2) is 4.79 Å². The molecule has 1 atom stereocenters. The predicted octanol–water partition coefficient (Wildman–Crippen LogP) is 1.41. The van der Waals surface area contributed by atoms with Gasteiger partial charge in [0, 0.05) is 0 Å². The van der Waals surface area contributed by atoms with Gasteiger partial charge in [0.2, 0.25) is 0 Å². The molecule has 0 spiro atoms. The van der Waals surface area contributed by atoms with Gasteiger partial charge < -0.3 is 9.84 Å². The van der Waals surface area contributed by atoms with E-state index in [9.17, 15) is 9.90 Å². The van der Waals surface area contributed by atoms with Gasteiger partial charge in [-0.2, -0.15) is 0 Å². The van der Waals surface area contributed by atoms with Crippen molar-refractivity contribution >= 4 is 5.97 Å². The number of ether oxygens (including phenoxy) is 1. The number of aliphatic hydroxyl groups excluding tert-OH is 1. The fraction of sp³-hybridized carbons (Fsp3) is 0.700. The number of esters is 1. The molecule has 3 nitrogen and oxygen atoms in total. The molecular formula is C10H16O3. The van der Waals surface area contributed by atoms with Gasteiger partial charge in [0.1, 0.15) is 6.61 Å². The van der Waals surface area contributed by atoms with E-state index in [1.54, 1.807) is 6.08 Å². The van der Waals surface area contributed by atoms with E-state index in [1.165, 1.54) is 0 Å². The van der Waals surface area contributed by atoms with Crippen molar-refractivity contribution in [3.8, 4) is 0 Å². The Morgan fingerprint density at radius 1 is 1.62 bits per heavy atom. The lowest BCUT2D eigenvalue weighted by Gasteiger charge is -2.08. The van der Waals surface area contributed by atoms with Crippen LogP contribution in [0.5, 0.6) is 0 Å². The minimum atomic E-state index is -0.624. The molecule has 0 saturated heterocycles. The van der Waals surface area contributed by atoms with Crippen LogP contribution < -0.4 is 0 Å². The number of hydrogen-bond acceptors (Lipinski definition) is 3. The van der Waals surface area contributed by atoms with Crippen LogP contribution in [0.2, 0.25) is 0 Å². The van der Waals surface area contributed by atoms with Gasteiger partial charge in [-0.15, -0.1) is 0 Å². The van der Waals surface area contributed by atoms with E-state index >= 15 is 0 Å². The van der Waals surface area contributed by atoms with Crippen molar-refractivity contribution in [1.82, 2.24) is 0 Å². The second-order valence-corrected chi connectivity index (χ2v) is 3.27. The molecule has 0 amide bonds. The maximum atomic E-state index is 11.0. The average molecular weight is 184 g/mol. The lowest BCUT2D eigenvalue weighted by atomic mass is 10.0. The van der Waals surface area contributed by atoms with E-state index in [2.05, 4.69) is 6.92 Å². The summed E-state index contributed by atoms with van der Waals surface area (Å²) in [6, 6.07) is 0. The van der Waals surface area contributed by atoms with Crippen LogP contribution in [-0.2, 0) is 9.53 Å². The van der Waals surface area contributed by atoms with Crippen molar-refractivity contribution in [3.05, 3.63) is 11.6 Å². The minimum Gasteiger partial charge on any atom is -0.458 e. The number of unbranched alkanes of at least 4 members (excludes halogenated alkanes) is 2. The topological polar surface area (TPSA) is 46.5 Å². The van der Waals surface area contributed by atoms with E-state index in [-0.39, 0.29) is 5.97 Å². The van der Waals surface area contributed by atoms with Gasteiger partial charge in [-0.1, -0.05) is 26.2 Å². The highest BCUT2D eigenvalue weighted by molar-refractivity contribution is 5.91. The number of hydrogen-bond donors (Lipinski definition) is 1. The smallest absolute Gasteiger partial charge is 0.336 e. The molecule has 0 fully saturated rings. The zero-order valence-corrected chi connectivity index (χ0v) is 7.95. The summed E-state index contributed by atoms with van der Waals surface area (Å²) < 4.78 is 4.70. The van der Waals surface area contributed by atoms with Crippen molar-refractivity contribution in [3.63, 3.8) is 0 Å². The van der Waals surface area contributed by atoms with Gasteiger partial charge in [0.05, 0.1) is 11.7 Å². The fourth-order valence-corrected chi connectivity index (χ4v) is 1.39. The highest BCUT2D eigenvalue weighted by Gasteiger charge is 2.23. The highest BCUT2D eigenvalue weighted by atomic mass is 16.5. The largest absolute Gasteiger partial charge is 0.458 e. The number of cyclic esters (lactones) is 1. The van der Waals surface area contributed by atoms with Gasteiger partial charge in [-0.05, 0) is 12.5 Å². The summed E-state index contributed by atoms with van der Waals surface area (Å²) in [5, 5.41) is 9.58. The molecule has 0 aromatic heterocycles. The second-order valence-electron chi connectivity index (χ2n) is 3.27. The monoisotopic (exact) mass is 184 g/mol. The van der Waals surface area contributed by atoms with Crippen LogP contribution in [0.3, 0.4) is 0 Å². The van der Waals surface area contributed by atoms with Crippen LogP contribution in [-0.4, -0.2) is 23.8 Å². The van der Waals surface area contributed by atoms with Crippen LogP contribution in [0.15, 0.2) is 11.6 Å². The van der Waals surface area contributed by atoms with E-state index in [1.807, 2.05) is 0 Å². The molecule has 0 saturated carbocycles. The van der Waals surface area contributed by atoms with E-state index in [0.29, 0.717) is 18.6 Å². The molecule has 1 aliphatic heterocycles. The SMILES string of the molecule is CCCCCC(O)C1=CCOC1=O. The number of aliphatic hydroxyl groups is 1. The third-order valence-corrected chi connectivity index (χ3v) is 2.19. The molecule has 1 heterocycles. The average Bonchev–Trinajstić information content (AvgIpc) is 2.52. The lowest BCUT2D eigenvalue weighted by molar-refractivity contribution is -0.136. The zero-order valence-electron chi connectivity index (χ0n) is 7.95. The summed E-state index contributed by atoms with van der Waals surface area (Å²) in [7, 11) is 0. The summed E-state index contributed by atoms with van der Waals surface area (Å²) in [5.74, 6) is -0.357. The molecule has 0 aromatic rings. The van der Waals surface area contributed by atoms with Crippen molar-refractivity contribution in [2.24, 2.45) is 0 Å². The zero-order chi connectivity index (χ0) is 9.68. The molecule has 0 aromatic carbocycles. The predicted molar refractivity (Wildman–Crippen MR) is 49.2 cm³/mol. The molecule has 1 unspecified atom stereocenters. The molecule has 0 aliphatic carbocycles.